The van der Waals surface area contributed by atoms with Gasteiger partial charge in [0.15, 0.2) is 0 Å². The van der Waals surface area contributed by atoms with Gasteiger partial charge in [0.25, 0.3) is 0 Å². The lowest BCUT2D eigenvalue weighted by molar-refractivity contribution is 0.232. The SMILES string of the molecule is CNC(=O)NC(C)(C)c1ccc(Cl)cc1. The van der Waals surface area contributed by atoms with Crippen LogP contribution in [0.1, 0.15) is 19.4 Å². The van der Waals surface area contributed by atoms with Crippen molar-refractivity contribution in [1.82, 2.24) is 10.6 Å². The number of urea groups is 1. The minimum absolute atomic E-state index is 0.199. The molecule has 0 spiro atoms. The van der Waals surface area contributed by atoms with Gasteiger partial charge in [-0.3, -0.25) is 0 Å². The average Bonchev–Trinajstić information content (AvgIpc) is 2.17. The van der Waals surface area contributed by atoms with Gasteiger partial charge in [0.2, 0.25) is 0 Å². The van der Waals surface area contributed by atoms with Gasteiger partial charge in [0, 0.05) is 12.1 Å². The number of rotatable bonds is 2. The smallest absolute Gasteiger partial charge is 0.315 e. The molecule has 2 N–H and O–H groups in total. The summed E-state index contributed by atoms with van der Waals surface area (Å²) in [5.41, 5.74) is 0.598. The predicted molar refractivity (Wildman–Crippen MR) is 62.1 cm³/mol. The maximum atomic E-state index is 11.2. The summed E-state index contributed by atoms with van der Waals surface area (Å²) in [6, 6.07) is 7.22. The standard InChI is InChI=1S/C11H15ClN2O/c1-11(2,14-10(15)13-3)8-4-6-9(12)7-5-8/h4-7H,1-3H3,(H2,13,14,15). The van der Waals surface area contributed by atoms with Crippen molar-refractivity contribution in [2.75, 3.05) is 7.05 Å². The van der Waals surface area contributed by atoms with Crippen molar-refractivity contribution in [2.24, 2.45) is 0 Å². The van der Waals surface area contributed by atoms with E-state index >= 15 is 0 Å². The van der Waals surface area contributed by atoms with Crippen LogP contribution in [0, 0.1) is 0 Å². The molecular formula is C11H15ClN2O. The van der Waals surface area contributed by atoms with E-state index in [1.807, 2.05) is 38.1 Å². The highest BCUT2D eigenvalue weighted by Gasteiger charge is 2.21. The highest BCUT2D eigenvalue weighted by atomic mass is 35.5. The van der Waals surface area contributed by atoms with Gasteiger partial charge < -0.3 is 10.6 Å². The lowest BCUT2D eigenvalue weighted by Crippen LogP contribution is -2.45. The van der Waals surface area contributed by atoms with Crippen LogP contribution in [-0.4, -0.2) is 13.1 Å². The van der Waals surface area contributed by atoms with Gasteiger partial charge in [-0.1, -0.05) is 23.7 Å². The molecule has 0 heterocycles. The van der Waals surface area contributed by atoms with Crippen LogP contribution >= 0.6 is 11.6 Å². The van der Waals surface area contributed by atoms with E-state index in [4.69, 9.17) is 11.6 Å². The first kappa shape index (κ1) is 11.9. The van der Waals surface area contributed by atoms with Crippen LogP contribution in [0.5, 0.6) is 0 Å². The quantitative estimate of drug-likeness (QED) is 0.800. The molecule has 1 aromatic carbocycles. The van der Waals surface area contributed by atoms with Crippen LogP contribution in [0.2, 0.25) is 5.02 Å². The van der Waals surface area contributed by atoms with Gasteiger partial charge >= 0.3 is 6.03 Å². The lowest BCUT2D eigenvalue weighted by atomic mass is 9.94. The third-order valence-corrected chi connectivity index (χ3v) is 2.47. The Balaban J connectivity index is 2.85. The molecule has 1 rings (SSSR count). The zero-order valence-corrected chi connectivity index (χ0v) is 9.85. The highest BCUT2D eigenvalue weighted by molar-refractivity contribution is 6.30. The van der Waals surface area contributed by atoms with Gasteiger partial charge in [0.1, 0.15) is 0 Å². The number of carbonyl (C=O) groups excluding carboxylic acids is 1. The maximum Gasteiger partial charge on any atom is 0.315 e. The number of nitrogens with one attached hydrogen (secondary N) is 2. The zero-order chi connectivity index (χ0) is 11.5. The monoisotopic (exact) mass is 226 g/mol. The molecule has 2 amide bonds. The highest BCUT2D eigenvalue weighted by Crippen LogP contribution is 2.21. The van der Waals surface area contributed by atoms with E-state index in [0.717, 1.165) is 5.56 Å². The van der Waals surface area contributed by atoms with Gasteiger partial charge in [-0.25, -0.2) is 4.79 Å². The van der Waals surface area contributed by atoms with Gasteiger partial charge in [-0.2, -0.15) is 0 Å². The van der Waals surface area contributed by atoms with Crippen molar-refractivity contribution in [3.63, 3.8) is 0 Å². The van der Waals surface area contributed by atoms with Crippen molar-refractivity contribution in [3.05, 3.63) is 34.9 Å². The first-order valence-electron chi connectivity index (χ1n) is 4.71. The van der Waals surface area contributed by atoms with Crippen molar-refractivity contribution in [3.8, 4) is 0 Å². The summed E-state index contributed by atoms with van der Waals surface area (Å²) in [6.07, 6.45) is 0. The van der Waals surface area contributed by atoms with Crippen LogP contribution in [0.15, 0.2) is 24.3 Å². The molecule has 0 radical (unpaired) electrons. The minimum atomic E-state index is -0.412. The zero-order valence-electron chi connectivity index (χ0n) is 9.10. The number of hydrogen-bond donors (Lipinski definition) is 2. The molecule has 0 fully saturated rings. The summed E-state index contributed by atoms with van der Waals surface area (Å²) in [4.78, 5) is 11.2. The Morgan fingerprint density at radius 1 is 1.27 bits per heavy atom. The molecule has 1 aromatic rings. The van der Waals surface area contributed by atoms with Gasteiger partial charge in [0.05, 0.1) is 5.54 Å². The van der Waals surface area contributed by atoms with Crippen molar-refractivity contribution in [1.29, 1.82) is 0 Å². The van der Waals surface area contributed by atoms with Crippen molar-refractivity contribution < 1.29 is 4.79 Å². The Bertz CT molecular complexity index is 346. The van der Waals surface area contributed by atoms with Gasteiger partial charge in [-0.15, -0.1) is 0 Å². The molecule has 0 saturated carbocycles. The number of carbonyl (C=O) groups is 1. The largest absolute Gasteiger partial charge is 0.341 e. The van der Waals surface area contributed by atoms with E-state index < -0.39 is 5.54 Å². The lowest BCUT2D eigenvalue weighted by Gasteiger charge is -2.26. The second kappa shape index (κ2) is 4.53. The van der Waals surface area contributed by atoms with Crippen LogP contribution in [0.25, 0.3) is 0 Å². The molecule has 0 aliphatic rings. The fraction of sp³-hybridized carbons (Fsp3) is 0.364. The molecular weight excluding hydrogens is 212 g/mol. The topological polar surface area (TPSA) is 41.1 Å². The number of hydrogen-bond acceptors (Lipinski definition) is 1. The van der Waals surface area contributed by atoms with E-state index in [1.165, 1.54) is 0 Å². The molecule has 0 aliphatic carbocycles. The Labute approximate surface area is 94.8 Å². The fourth-order valence-electron chi connectivity index (χ4n) is 1.29. The summed E-state index contributed by atoms with van der Waals surface area (Å²) in [5.74, 6) is 0. The van der Waals surface area contributed by atoms with Crippen LogP contribution in [0.3, 0.4) is 0 Å². The normalized spacial score (nSPS) is 10.9. The van der Waals surface area contributed by atoms with Gasteiger partial charge in [-0.05, 0) is 31.5 Å². The molecule has 0 saturated heterocycles. The Hall–Kier alpha value is -1.22. The molecule has 0 aliphatic heterocycles. The molecule has 82 valence electrons. The molecule has 4 heteroatoms. The second-order valence-electron chi connectivity index (χ2n) is 3.84. The summed E-state index contributed by atoms with van der Waals surface area (Å²) in [5, 5.41) is 6.06. The maximum absolute atomic E-state index is 11.2. The van der Waals surface area contributed by atoms with Crippen molar-refractivity contribution >= 4 is 17.6 Å². The molecule has 15 heavy (non-hydrogen) atoms. The number of halogens is 1. The van der Waals surface area contributed by atoms with E-state index in [9.17, 15) is 4.79 Å². The predicted octanol–water partition coefficient (Wildman–Crippen LogP) is 2.50. The first-order chi connectivity index (χ1) is 6.95. The molecule has 3 nitrogen and oxygen atoms in total. The molecule has 0 unspecified atom stereocenters. The fourth-order valence-corrected chi connectivity index (χ4v) is 1.41. The van der Waals surface area contributed by atoms with Crippen LogP contribution in [0.4, 0.5) is 4.79 Å². The molecule has 0 aromatic heterocycles. The van der Waals surface area contributed by atoms with E-state index in [-0.39, 0.29) is 6.03 Å². The summed E-state index contributed by atoms with van der Waals surface area (Å²) >= 11 is 5.80. The first-order valence-corrected chi connectivity index (χ1v) is 5.09. The number of amides is 2. The summed E-state index contributed by atoms with van der Waals surface area (Å²) in [6.45, 7) is 3.87. The minimum Gasteiger partial charge on any atom is -0.341 e. The third kappa shape index (κ3) is 3.13. The number of benzene rings is 1. The summed E-state index contributed by atoms with van der Waals surface area (Å²) < 4.78 is 0. The Morgan fingerprint density at radius 3 is 2.27 bits per heavy atom. The van der Waals surface area contributed by atoms with Crippen LogP contribution < -0.4 is 10.6 Å². The second-order valence-corrected chi connectivity index (χ2v) is 4.27. The van der Waals surface area contributed by atoms with E-state index in [0.29, 0.717) is 5.02 Å². The van der Waals surface area contributed by atoms with Crippen molar-refractivity contribution in [2.45, 2.75) is 19.4 Å². The molecule has 0 bridgehead atoms. The third-order valence-electron chi connectivity index (χ3n) is 2.22. The van der Waals surface area contributed by atoms with Crippen LogP contribution in [-0.2, 0) is 5.54 Å². The Morgan fingerprint density at radius 2 is 1.80 bits per heavy atom. The molecule has 0 atom stereocenters. The summed E-state index contributed by atoms with van der Waals surface area (Å²) in [7, 11) is 1.59. The average molecular weight is 227 g/mol. The van der Waals surface area contributed by atoms with E-state index in [1.54, 1.807) is 7.05 Å². The Kier molecular flexibility index (Phi) is 3.58. The van der Waals surface area contributed by atoms with E-state index in [2.05, 4.69) is 10.6 Å².